The molecule has 0 aliphatic rings. The number of aromatic nitrogens is 2. The SMILES string of the molecule is CS(=O)(=O)NCCn1c(N)nc2cc(F)ccc21. The second kappa shape index (κ2) is 4.54. The molecule has 1 aromatic heterocycles. The predicted octanol–water partition coefficient (Wildman–Crippen LogP) is 0.307. The van der Waals surface area contributed by atoms with Crippen molar-refractivity contribution in [1.29, 1.82) is 0 Å². The average molecular weight is 272 g/mol. The van der Waals surface area contributed by atoms with E-state index >= 15 is 0 Å². The van der Waals surface area contributed by atoms with E-state index in [-0.39, 0.29) is 18.3 Å². The van der Waals surface area contributed by atoms with E-state index in [2.05, 4.69) is 9.71 Å². The summed E-state index contributed by atoms with van der Waals surface area (Å²) in [6, 6.07) is 4.16. The molecule has 0 saturated carbocycles. The zero-order valence-electron chi connectivity index (χ0n) is 9.72. The first-order chi connectivity index (χ1) is 8.37. The van der Waals surface area contributed by atoms with Crippen LogP contribution in [0.3, 0.4) is 0 Å². The molecule has 98 valence electrons. The Hall–Kier alpha value is -1.67. The van der Waals surface area contributed by atoms with Gasteiger partial charge in [-0.3, -0.25) is 0 Å². The topological polar surface area (TPSA) is 90.0 Å². The monoisotopic (exact) mass is 272 g/mol. The molecule has 8 heteroatoms. The molecule has 6 nitrogen and oxygen atoms in total. The highest BCUT2D eigenvalue weighted by atomic mass is 32.2. The molecule has 1 heterocycles. The van der Waals surface area contributed by atoms with Crippen LogP contribution in [-0.2, 0) is 16.6 Å². The minimum Gasteiger partial charge on any atom is -0.369 e. The van der Waals surface area contributed by atoms with Crippen molar-refractivity contribution >= 4 is 27.0 Å². The number of hydrogen-bond donors (Lipinski definition) is 2. The Morgan fingerprint density at radius 2 is 2.22 bits per heavy atom. The van der Waals surface area contributed by atoms with Gasteiger partial charge in [0.25, 0.3) is 0 Å². The van der Waals surface area contributed by atoms with Gasteiger partial charge in [0.1, 0.15) is 5.82 Å². The van der Waals surface area contributed by atoms with Crippen LogP contribution in [0.5, 0.6) is 0 Å². The van der Waals surface area contributed by atoms with Crippen molar-refractivity contribution in [3.05, 3.63) is 24.0 Å². The summed E-state index contributed by atoms with van der Waals surface area (Å²) in [6.45, 7) is 0.535. The van der Waals surface area contributed by atoms with Crippen LogP contribution >= 0.6 is 0 Å². The smallest absolute Gasteiger partial charge is 0.208 e. The van der Waals surface area contributed by atoms with E-state index in [0.29, 0.717) is 17.6 Å². The van der Waals surface area contributed by atoms with Crippen molar-refractivity contribution in [2.24, 2.45) is 0 Å². The number of hydrogen-bond acceptors (Lipinski definition) is 4. The largest absolute Gasteiger partial charge is 0.369 e. The maximum absolute atomic E-state index is 13.0. The van der Waals surface area contributed by atoms with Gasteiger partial charge in [-0.1, -0.05) is 0 Å². The van der Waals surface area contributed by atoms with Gasteiger partial charge in [0, 0.05) is 19.2 Å². The lowest BCUT2D eigenvalue weighted by atomic mass is 10.3. The lowest BCUT2D eigenvalue weighted by Crippen LogP contribution is -2.26. The average Bonchev–Trinajstić information content (AvgIpc) is 2.52. The summed E-state index contributed by atoms with van der Waals surface area (Å²) in [7, 11) is -3.23. The fourth-order valence-corrected chi connectivity index (χ4v) is 2.16. The summed E-state index contributed by atoms with van der Waals surface area (Å²) < 4.78 is 38.9. The van der Waals surface area contributed by atoms with E-state index in [0.717, 1.165) is 6.26 Å². The fourth-order valence-electron chi connectivity index (χ4n) is 1.70. The maximum Gasteiger partial charge on any atom is 0.208 e. The van der Waals surface area contributed by atoms with E-state index in [9.17, 15) is 12.8 Å². The zero-order chi connectivity index (χ0) is 13.3. The first kappa shape index (κ1) is 12.8. The second-order valence-corrected chi connectivity index (χ2v) is 5.75. The van der Waals surface area contributed by atoms with E-state index in [1.54, 1.807) is 10.6 Å². The van der Waals surface area contributed by atoms with Crippen molar-refractivity contribution in [1.82, 2.24) is 14.3 Å². The number of rotatable bonds is 4. The molecule has 0 radical (unpaired) electrons. The van der Waals surface area contributed by atoms with Gasteiger partial charge in [0.15, 0.2) is 0 Å². The third-order valence-corrected chi connectivity index (χ3v) is 3.17. The molecule has 0 bridgehead atoms. The third kappa shape index (κ3) is 2.77. The first-order valence-corrected chi connectivity index (χ1v) is 7.12. The van der Waals surface area contributed by atoms with Gasteiger partial charge in [-0.2, -0.15) is 0 Å². The Kier molecular flexibility index (Phi) is 3.22. The van der Waals surface area contributed by atoms with E-state index in [1.807, 2.05) is 0 Å². The molecule has 0 saturated heterocycles. The zero-order valence-corrected chi connectivity index (χ0v) is 10.5. The van der Waals surface area contributed by atoms with Crippen molar-refractivity contribution in [3.8, 4) is 0 Å². The van der Waals surface area contributed by atoms with Crippen molar-refractivity contribution < 1.29 is 12.8 Å². The minimum absolute atomic E-state index is 0.200. The van der Waals surface area contributed by atoms with Crippen LogP contribution in [0.4, 0.5) is 10.3 Å². The molecule has 0 aliphatic carbocycles. The molecular formula is C10H13FN4O2S. The molecule has 3 N–H and O–H groups in total. The number of nitrogens with two attached hydrogens (primary N) is 1. The summed E-state index contributed by atoms with van der Waals surface area (Å²) in [5, 5.41) is 0. The van der Waals surface area contributed by atoms with Gasteiger partial charge in [-0.25, -0.2) is 22.5 Å². The van der Waals surface area contributed by atoms with Crippen LogP contribution in [-0.4, -0.2) is 30.8 Å². The Morgan fingerprint density at radius 1 is 1.50 bits per heavy atom. The van der Waals surface area contributed by atoms with Crippen LogP contribution < -0.4 is 10.5 Å². The lowest BCUT2D eigenvalue weighted by Gasteiger charge is -2.06. The Bertz CT molecular complexity index is 680. The molecule has 0 unspecified atom stereocenters. The summed E-state index contributed by atoms with van der Waals surface area (Å²) in [5.74, 6) is -0.160. The van der Waals surface area contributed by atoms with E-state index in [1.165, 1.54) is 12.1 Å². The number of halogens is 1. The number of sulfonamides is 1. The maximum atomic E-state index is 13.0. The van der Waals surface area contributed by atoms with Crippen LogP contribution in [0.25, 0.3) is 11.0 Å². The molecule has 1 aromatic carbocycles. The normalized spacial score (nSPS) is 12.1. The van der Waals surface area contributed by atoms with Crippen LogP contribution in [0.15, 0.2) is 18.2 Å². The quantitative estimate of drug-likeness (QED) is 0.838. The number of nitrogens with zero attached hydrogens (tertiary/aromatic N) is 2. The van der Waals surface area contributed by atoms with Crippen LogP contribution in [0, 0.1) is 5.82 Å². The van der Waals surface area contributed by atoms with Gasteiger partial charge in [-0.05, 0) is 12.1 Å². The van der Waals surface area contributed by atoms with Crippen molar-refractivity contribution in [2.75, 3.05) is 18.5 Å². The number of anilines is 1. The molecule has 0 atom stereocenters. The molecule has 2 aromatic rings. The highest BCUT2D eigenvalue weighted by Gasteiger charge is 2.09. The minimum atomic E-state index is -3.23. The highest BCUT2D eigenvalue weighted by Crippen LogP contribution is 2.18. The van der Waals surface area contributed by atoms with Gasteiger partial charge in [-0.15, -0.1) is 0 Å². The highest BCUT2D eigenvalue weighted by molar-refractivity contribution is 7.88. The van der Waals surface area contributed by atoms with Gasteiger partial charge >= 0.3 is 0 Å². The van der Waals surface area contributed by atoms with Gasteiger partial charge in [0.05, 0.1) is 17.3 Å². The Labute approximate surface area is 104 Å². The Balaban J connectivity index is 2.25. The molecule has 0 fully saturated rings. The predicted molar refractivity (Wildman–Crippen MR) is 66.9 cm³/mol. The lowest BCUT2D eigenvalue weighted by molar-refractivity contribution is 0.581. The summed E-state index contributed by atoms with van der Waals surface area (Å²) in [4.78, 5) is 4.01. The molecular weight excluding hydrogens is 259 g/mol. The molecule has 0 spiro atoms. The molecule has 0 aliphatic heterocycles. The first-order valence-electron chi connectivity index (χ1n) is 5.23. The van der Waals surface area contributed by atoms with Gasteiger partial charge in [0.2, 0.25) is 16.0 Å². The molecule has 0 amide bonds. The number of fused-ring (bicyclic) bond motifs is 1. The van der Waals surface area contributed by atoms with Crippen LogP contribution in [0.2, 0.25) is 0 Å². The third-order valence-electron chi connectivity index (χ3n) is 2.44. The number of imidazole rings is 1. The van der Waals surface area contributed by atoms with Gasteiger partial charge < -0.3 is 10.3 Å². The summed E-state index contributed by atoms with van der Waals surface area (Å²) in [6.07, 6.45) is 1.08. The Morgan fingerprint density at radius 3 is 2.89 bits per heavy atom. The standard InChI is InChI=1S/C10H13FN4O2S/c1-18(16,17)13-4-5-15-9-3-2-7(11)6-8(9)14-10(15)12/h2-3,6,13H,4-5H2,1H3,(H2,12,14). The van der Waals surface area contributed by atoms with Crippen molar-refractivity contribution in [2.45, 2.75) is 6.54 Å². The number of benzene rings is 1. The van der Waals surface area contributed by atoms with E-state index < -0.39 is 10.0 Å². The summed E-state index contributed by atoms with van der Waals surface area (Å²) in [5.41, 5.74) is 6.83. The summed E-state index contributed by atoms with van der Waals surface area (Å²) >= 11 is 0. The van der Waals surface area contributed by atoms with Crippen molar-refractivity contribution in [3.63, 3.8) is 0 Å². The molecule has 18 heavy (non-hydrogen) atoms. The van der Waals surface area contributed by atoms with Crippen LogP contribution in [0.1, 0.15) is 0 Å². The number of nitrogen functional groups attached to an aromatic ring is 1. The van der Waals surface area contributed by atoms with E-state index in [4.69, 9.17) is 5.73 Å². The molecule has 2 rings (SSSR count). The number of nitrogens with one attached hydrogen (secondary N) is 1. The second-order valence-electron chi connectivity index (χ2n) is 3.92. The fraction of sp³-hybridized carbons (Fsp3) is 0.300.